The Kier molecular flexibility index (Phi) is 10.1. The van der Waals surface area contributed by atoms with Crippen LogP contribution in [0, 0.1) is 0 Å². The molecule has 7 aromatic rings. The van der Waals surface area contributed by atoms with Crippen LogP contribution in [0.1, 0.15) is 131 Å². The highest BCUT2D eigenvalue weighted by molar-refractivity contribution is 7.33. The van der Waals surface area contributed by atoms with Gasteiger partial charge in [0.25, 0.3) is 6.71 Å². The highest BCUT2D eigenvalue weighted by atomic mass is 32.1. The fraction of sp³-hybridized carbons (Fsp3) is 0.377. The molecule has 0 saturated heterocycles. The molecule has 66 heavy (non-hydrogen) atoms. The minimum absolute atomic E-state index is 0.0127. The van der Waals surface area contributed by atoms with Crippen molar-refractivity contribution in [3.63, 3.8) is 0 Å². The normalized spacial score (nSPS) is 16.5. The number of benzene rings is 6. The number of hydrogen-bond donors (Lipinski definition) is 0. The molecule has 0 N–H and O–H groups in total. The second-order valence-electron chi connectivity index (χ2n) is 25.4. The molecule has 338 valence electrons. The summed E-state index contributed by atoms with van der Waals surface area (Å²) in [5.41, 5.74) is 20.4. The Bertz CT molecular complexity index is 3070. The van der Waals surface area contributed by atoms with E-state index in [0.29, 0.717) is 0 Å². The van der Waals surface area contributed by atoms with Crippen LogP contribution in [0.15, 0.2) is 115 Å². The molecule has 3 aliphatic rings. The summed E-state index contributed by atoms with van der Waals surface area (Å²) in [6.45, 7) is 38.6. The average molecular weight is 903 g/mol. The van der Waals surface area contributed by atoms with Crippen LogP contribution in [-0.4, -0.2) is 14.8 Å². The Morgan fingerprint density at radius 2 is 1.08 bits per heavy atom. The van der Waals surface area contributed by atoms with Gasteiger partial charge in [0.2, 0.25) is 0 Å². The molecule has 0 bridgehead atoms. The topological polar surface area (TPSA) is 6.48 Å². The molecule has 6 aromatic carbocycles. The second kappa shape index (κ2) is 14.8. The monoisotopic (exact) mass is 903 g/mol. The summed E-state index contributed by atoms with van der Waals surface area (Å²) in [4.78, 5) is 5.39. The molecule has 0 amide bonds. The number of anilines is 6. The van der Waals surface area contributed by atoms with E-state index in [1.807, 2.05) is 0 Å². The van der Waals surface area contributed by atoms with Gasteiger partial charge in [0, 0.05) is 43.2 Å². The van der Waals surface area contributed by atoms with Gasteiger partial charge < -0.3 is 9.80 Å². The molecule has 2 nitrogen and oxygen atoms in total. The van der Waals surface area contributed by atoms with Crippen molar-refractivity contribution in [2.24, 2.45) is 0 Å². The zero-order valence-corrected chi connectivity index (χ0v) is 44.6. The van der Waals surface area contributed by atoms with E-state index in [1.165, 1.54) is 117 Å². The van der Waals surface area contributed by atoms with Crippen molar-refractivity contribution < 1.29 is 0 Å². The van der Waals surface area contributed by atoms with Crippen molar-refractivity contribution in [1.29, 1.82) is 0 Å². The van der Waals surface area contributed by atoms with Gasteiger partial charge in [-0.05, 0) is 139 Å². The van der Waals surface area contributed by atoms with Crippen LogP contribution in [0.25, 0.3) is 21.2 Å². The van der Waals surface area contributed by atoms with Gasteiger partial charge >= 0.3 is 0 Å². The smallest absolute Gasteiger partial charge is 0.264 e. The zero-order chi connectivity index (χ0) is 47.3. The standard InChI is InChI=1S/C61H71BN2SSi/c1-57(2,3)39-22-26-42(27-23-39)63-50-29-25-41(59(7,8)9)33-48(50)62-54-51(63)34-43(66(14,15)16)35-52(54)64(49-28-24-40(58(4,5)6)32-44(49)38-20-18-17-19-21-38)55-45-36-46-47(37-53(45)65-56(55)62)61(12,13)31-30-60(46,10)11/h17-29,32-37H,30-31H2,1-16H3. The third-order valence-corrected chi connectivity index (χ3v) is 18.8. The molecule has 1 aromatic heterocycles. The lowest BCUT2D eigenvalue weighted by Gasteiger charge is -2.45. The van der Waals surface area contributed by atoms with Gasteiger partial charge in [-0.25, -0.2) is 0 Å². The maximum Gasteiger partial charge on any atom is 0.264 e. The van der Waals surface area contributed by atoms with Gasteiger partial charge in [-0.3, -0.25) is 0 Å². The Labute approximate surface area is 402 Å². The van der Waals surface area contributed by atoms with Crippen LogP contribution < -0.4 is 30.7 Å². The van der Waals surface area contributed by atoms with Gasteiger partial charge in [0.1, 0.15) is 0 Å². The van der Waals surface area contributed by atoms with Crippen molar-refractivity contribution in [1.82, 2.24) is 0 Å². The molecule has 0 fully saturated rings. The molecule has 0 radical (unpaired) electrons. The van der Waals surface area contributed by atoms with Crippen molar-refractivity contribution >= 4 is 91.2 Å². The summed E-state index contributed by atoms with van der Waals surface area (Å²) in [7, 11) is -1.90. The minimum atomic E-state index is -1.90. The Morgan fingerprint density at radius 1 is 0.545 bits per heavy atom. The number of thiophene rings is 1. The average Bonchev–Trinajstić information content (AvgIpc) is 3.62. The molecular weight excluding hydrogens is 832 g/mol. The largest absolute Gasteiger partial charge is 0.311 e. The Hall–Kier alpha value is -4.84. The predicted octanol–water partition coefficient (Wildman–Crippen LogP) is 15.4. The molecular formula is C61H71BN2SSi. The van der Waals surface area contributed by atoms with Gasteiger partial charge in [-0.15, -0.1) is 11.3 Å². The first-order valence-electron chi connectivity index (χ1n) is 24.6. The summed E-state index contributed by atoms with van der Waals surface area (Å²) >= 11 is 2.06. The molecule has 10 rings (SSSR count). The van der Waals surface area contributed by atoms with E-state index in [2.05, 4.69) is 246 Å². The van der Waals surface area contributed by atoms with E-state index >= 15 is 0 Å². The quantitative estimate of drug-likeness (QED) is 0.162. The first kappa shape index (κ1) is 45.0. The third kappa shape index (κ3) is 7.25. The van der Waals surface area contributed by atoms with Crippen molar-refractivity contribution in [3.05, 3.63) is 143 Å². The molecule has 0 saturated carbocycles. The van der Waals surface area contributed by atoms with Crippen LogP contribution in [0.2, 0.25) is 19.6 Å². The summed E-state index contributed by atoms with van der Waals surface area (Å²) in [6.07, 6.45) is 2.38. The van der Waals surface area contributed by atoms with Gasteiger partial charge in [0.15, 0.2) is 0 Å². The van der Waals surface area contributed by atoms with E-state index in [0.717, 1.165) is 0 Å². The molecule has 1 aliphatic carbocycles. The molecule has 2 aliphatic heterocycles. The number of fused-ring (bicyclic) bond motifs is 7. The first-order valence-corrected chi connectivity index (χ1v) is 28.9. The van der Waals surface area contributed by atoms with E-state index < -0.39 is 8.07 Å². The molecule has 5 heteroatoms. The summed E-state index contributed by atoms with van der Waals surface area (Å²) in [5, 5.41) is 2.86. The second-order valence-corrected chi connectivity index (χ2v) is 31.6. The van der Waals surface area contributed by atoms with Gasteiger partial charge in [0.05, 0.1) is 19.4 Å². The van der Waals surface area contributed by atoms with Crippen molar-refractivity contribution in [3.8, 4) is 11.1 Å². The van der Waals surface area contributed by atoms with E-state index in [4.69, 9.17) is 0 Å². The van der Waals surface area contributed by atoms with Crippen molar-refractivity contribution in [2.45, 2.75) is 150 Å². The van der Waals surface area contributed by atoms with Gasteiger partial charge in [-0.1, -0.05) is 176 Å². The van der Waals surface area contributed by atoms with Crippen LogP contribution in [0.3, 0.4) is 0 Å². The highest BCUT2D eigenvalue weighted by Gasteiger charge is 2.48. The minimum Gasteiger partial charge on any atom is -0.311 e. The molecule has 0 spiro atoms. The summed E-state index contributed by atoms with van der Waals surface area (Å²) in [5.74, 6) is 0. The SMILES string of the molecule is CC(C)(C)c1ccc(N2c3ccc(C(C)(C)C)cc3B3c4sc5cc6c(cc5c4N(c4ccc(C(C)(C)C)cc4-c4ccccc4)c4cc([Si](C)(C)C)cc2c43)C(C)(C)CCC6(C)C)cc1. The summed E-state index contributed by atoms with van der Waals surface area (Å²) in [6, 6.07) is 46.1. The summed E-state index contributed by atoms with van der Waals surface area (Å²) < 4.78 is 2.85. The number of nitrogens with zero attached hydrogens (tertiary/aromatic N) is 2. The highest BCUT2D eigenvalue weighted by Crippen LogP contribution is 2.54. The molecule has 0 atom stereocenters. The van der Waals surface area contributed by atoms with Crippen LogP contribution in [0.5, 0.6) is 0 Å². The van der Waals surface area contributed by atoms with Crippen molar-refractivity contribution in [2.75, 3.05) is 9.80 Å². The lowest BCUT2D eigenvalue weighted by Crippen LogP contribution is -2.61. The lowest BCUT2D eigenvalue weighted by molar-refractivity contribution is 0.332. The predicted molar refractivity (Wildman–Crippen MR) is 296 cm³/mol. The first-order chi connectivity index (χ1) is 30.7. The maximum absolute atomic E-state index is 2.76. The number of hydrogen-bond acceptors (Lipinski definition) is 3. The molecule has 0 unspecified atom stereocenters. The Morgan fingerprint density at radius 3 is 1.65 bits per heavy atom. The maximum atomic E-state index is 2.76. The van der Waals surface area contributed by atoms with E-state index in [-0.39, 0.29) is 33.8 Å². The van der Waals surface area contributed by atoms with Gasteiger partial charge in [-0.2, -0.15) is 0 Å². The third-order valence-electron chi connectivity index (χ3n) is 15.5. The fourth-order valence-electron chi connectivity index (χ4n) is 11.1. The fourth-order valence-corrected chi connectivity index (χ4v) is 13.6. The number of rotatable bonds is 4. The van der Waals surface area contributed by atoms with Crippen LogP contribution >= 0.6 is 11.3 Å². The van der Waals surface area contributed by atoms with E-state index in [9.17, 15) is 0 Å². The van der Waals surface area contributed by atoms with Crippen LogP contribution in [-0.2, 0) is 27.1 Å². The Balaban J connectivity index is 1.39. The molecule has 3 heterocycles. The lowest BCUT2D eigenvalue weighted by atomic mass is 9.36. The van der Waals surface area contributed by atoms with E-state index in [1.54, 1.807) is 0 Å². The van der Waals surface area contributed by atoms with Crippen LogP contribution in [0.4, 0.5) is 34.1 Å². The zero-order valence-electron chi connectivity index (χ0n) is 42.8.